The van der Waals surface area contributed by atoms with Crippen molar-refractivity contribution < 1.29 is 4.39 Å². The molecule has 0 saturated heterocycles. The van der Waals surface area contributed by atoms with E-state index < -0.39 is 0 Å². The lowest BCUT2D eigenvalue weighted by atomic mass is 10.1. The topological polar surface area (TPSA) is 0 Å². The van der Waals surface area contributed by atoms with Crippen LogP contribution in [0.5, 0.6) is 0 Å². The maximum atomic E-state index is 12.3. The number of hydrogen-bond acceptors (Lipinski definition) is 0. The quantitative estimate of drug-likeness (QED) is 0.587. The summed E-state index contributed by atoms with van der Waals surface area (Å²) in [6, 6.07) is 7.49. The monoisotopic (exact) mass is 137 g/mol. The zero-order chi connectivity index (χ0) is 7.40. The average Bonchev–Trinajstić information content (AvgIpc) is 1.95. The van der Waals surface area contributed by atoms with Crippen LogP contribution in [0, 0.1) is 11.9 Å². The van der Waals surface area contributed by atoms with E-state index in [4.69, 9.17) is 0 Å². The fraction of sp³-hybridized carbons (Fsp3) is 0.333. The van der Waals surface area contributed by atoms with E-state index in [2.05, 4.69) is 13.0 Å². The van der Waals surface area contributed by atoms with Gasteiger partial charge in [-0.1, -0.05) is 19.4 Å². The van der Waals surface area contributed by atoms with Crippen molar-refractivity contribution in [2.45, 2.75) is 19.8 Å². The van der Waals surface area contributed by atoms with Crippen molar-refractivity contribution in [3.63, 3.8) is 0 Å². The predicted molar refractivity (Wildman–Crippen MR) is 39.2 cm³/mol. The van der Waals surface area contributed by atoms with Crippen molar-refractivity contribution >= 4 is 0 Å². The molecule has 0 aliphatic rings. The third-order valence-corrected chi connectivity index (χ3v) is 1.36. The lowest BCUT2D eigenvalue weighted by Crippen LogP contribution is -1.82. The van der Waals surface area contributed by atoms with Crippen molar-refractivity contribution in [3.8, 4) is 0 Å². The molecule has 1 rings (SSSR count). The highest BCUT2D eigenvalue weighted by molar-refractivity contribution is 5.14. The number of hydrogen-bond donors (Lipinski definition) is 0. The summed E-state index contributed by atoms with van der Waals surface area (Å²) in [5.74, 6) is -0.208. The first kappa shape index (κ1) is 7.26. The molecule has 10 heavy (non-hydrogen) atoms. The minimum absolute atomic E-state index is 0.208. The van der Waals surface area contributed by atoms with Crippen LogP contribution in [0.4, 0.5) is 4.39 Å². The molecule has 0 amide bonds. The molecule has 1 aromatic carbocycles. The van der Waals surface area contributed by atoms with Crippen molar-refractivity contribution in [1.82, 2.24) is 0 Å². The van der Waals surface area contributed by atoms with Gasteiger partial charge >= 0.3 is 0 Å². The van der Waals surface area contributed by atoms with Crippen LogP contribution >= 0.6 is 0 Å². The van der Waals surface area contributed by atoms with Crippen LogP contribution in [0.25, 0.3) is 0 Å². The van der Waals surface area contributed by atoms with E-state index in [0.29, 0.717) is 0 Å². The minimum atomic E-state index is -0.208. The van der Waals surface area contributed by atoms with Crippen LogP contribution in [-0.4, -0.2) is 0 Å². The van der Waals surface area contributed by atoms with E-state index >= 15 is 0 Å². The summed E-state index contributed by atoms with van der Waals surface area (Å²) in [4.78, 5) is 0. The molecule has 0 nitrogen and oxygen atoms in total. The van der Waals surface area contributed by atoms with Gasteiger partial charge in [0.15, 0.2) is 0 Å². The maximum Gasteiger partial charge on any atom is 0.123 e. The Morgan fingerprint density at radius 3 is 2.80 bits per heavy atom. The van der Waals surface area contributed by atoms with E-state index in [9.17, 15) is 4.39 Å². The average molecular weight is 137 g/mol. The Bertz CT molecular complexity index is 188. The van der Waals surface area contributed by atoms with Crippen molar-refractivity contribution in [1.29, 1.82) is 0 Å². The highest BCUT2D eigenvalue weighted by Crippen LogP contribution is 2.03. The Kier molecular flexibility index (Phi) is 2.43. The highest BCUT2D eigenvalue weighted by atomic mass is 19.1. The van der Waals surface area contributed by atoms with Gasteiger partial charge in [0, 0.05) is 0 Å². The molecule has 0 bridgehead atoms. The molecular weight excluding hydrogens is 127 g/mol. The molecule has 0 aromatic heterocycles. The summed E-state index contributed by atoms with van der Waals surface area (Å²) in [5.41, 5.74) is 1.09. The molecule has 1 aromatic rings. The van der Waals surface area contributed by atoms with E-state index in [1.807, 2.05) is 0 Å². The lowest BCUT2D eigenvalue weighted by molar-refractivity contribution is 0.626. The van der Waals surface area contributed by atoms with E-state index in [-0.39, 0.29) is 5.82 Å². The van der Waals surface area contributed by atoms with Crippen molar-refractivity contribution in [2.24, 2.45) is 0 Å². The molecule has 1 radical (unpaired) electrons. The fourth-order valence-electron chi connectivity index (χ4n) is 0.863. The van der Waals surface area contributed by atoms with Gasteiger partial charge in [-0.25, -0.2) is 4.39 Å². The van der Waals surface area contributed by atoms with Crippen LogP contribution in [0.3, 0.4) is 0 Å². The van der Waals surface area contributed by atoms with Gasteiger partial charge in [-0.05, 0) is 30.2 Å². The molecule has 0 N–H and O–H groups in total. The second kappa shape index (κ2) is 3.35. The summed E-state index contributed by atoms with van der Waals surface area (Å²) in [6.07, 6.45) is 2.07. The zero-order valence-corrected chi connectivity index (χ0v) is 6.02. The molecule has 0 unspecified atom stereocenters. The van der Waals surface area contributed by atoms with E-state index in [0.717, 1.165) is 18.4 Å². The van der Waals surface area contributed by atoms with Gasteiger partial charge in [-0.2, -0.15) is 0 Å². The summed E-state index contributed by atoms with van der Waals surface area (Å²) in [7, 11) is 0. The fourth-order valence-corrected chi connectivity index (χ4v) is 0.863. The molecule has 53 valence electrons. The smallest absolute Gasteiger partial charge is 0.123 e. The van der Waals surface area contributed by atoms with Crippen LogP contribution in [-0.2, 0) is 6.42 Å². The molecule has 0 fully saturated rings. The number of rotatable bonds is 2. The van der Waals surface area contributed by atoms with Crippen molar-refractivity contribution in [2.75, 3.05) is 0 Å². The van der Waals surface area contributed by atoms with Gasteiger partial charge in [0.1, 0.15) is 5.82 Å². The number of aryl methyl sites for hydroxylation is 1. The molecule has 0 saturated carbocycles. The van der Waals surface area contributed by atoms with Gasteiger partial charge in [-0.15, -0.1) is 0 Å². The third kappa shape index (κ3) is 1.83. The molecule has 0 aliphatic heterocycles. The molecule has 1 heteroatoms. The Labute approximate surface area is 60.7 Å². The normalized spacial score (nSPS) is 9.80. The predicted octanol–water partition coefficient (Wildman–Crippen LogP) is 2.58. The molecule has 0 atom stereocenters. The summed E-state index contributed by atoms with van der Waals surface area (Å²) in [5, 5.41) is 0. The molecule has 0 aliphatic carbocycles. The van der Waals surface area contributed by atoms with Gasteiger partial charge < -0.3 is 0 Å². The van der Waals surface area contributed by atoms with Crippen LogP contribution in [0.2, 0.25) is 0 Å². The number of halogens is 1. The van der Waals surface area contributed by atoms with E-state index in [1.54, 1.807) is 6.07 Å². The first-order chi connectivity index (χ1) is 4.83. The van der Waals surface area contributed by atoms with Gasteiger partial charge in [0.05, 0.1) is 0 Å². The second-order valence-corrected chi connectivity index (χ2v) is 2.28. The standard InChI is InChI=1S/C9H10F/c1-2-3-8-4-6-9(10)7-5-8/h4,6-7H,2-3H2,1H3. The van der Waals surface area contributed by atoms with Gasteiger partial charge in [0.2, 0.25) is 0 Å². The van der Waals surface area contributed by atoms with Crippen molar-refractivity contribution in [3.05, 3.63) is 35.6 Å². The van der Waals surface area contributed by atoms with Crippen LogP contribution in [0.1, 0.15) is 18.9 Å². The van der Waals surface area contributed by atoms with E-state index in [1.165, 1.54) is 12.1 Å². The maximum absolute atomic E-state index is 12.3. The minimum Gasteiger partial charge on any atom is -0.207 e. The van der Waals surface area contributed by atoms with Crippen LogP contribution < -0.4 is 0 Å². The van der Waals surface area contributed by atoms with Crippen LogP contribution in [0.15, 0.2) is 18.2 Å². The molecule has 0 spiro atoms. The third-order valence-electron chi connectivity index (χ3n) is 1.36. The first-order valence-electron chi connectivity index (χ1n) is 3.49. The van der Waals surface area contributed by atoms with Gasteiger partial charge in [-0.3, -0.25) is 0 Å². The zero-order valence-electron chi connectivity index (χ0n) is 6.02. The first-order valence-corrected chi connectivity index (χ1v) is 3.49. The van der Waals surface area contributed by atoms with Gasteiger partial charge in [0.25, 0.3) is 0 Å². The molecular formula is C9H10F. The Morgan fingerprint density at radius 2 is 2.30 bits per heavy atom. The Balaban J connectivity index is 2.69. The lowest BCUT2D eigenvalue weighted by Gasteiger charge is -1.94. The SMILES string of the molecule is CCCc1[c]cc(F)cc1. The summed E-state index contributed by atoms with van der Waals surface area (Å²) >= 11 is 0. The molecule has 0 heterocycles. The Morgan fingerprint density at radius 1 is 1.50 bits per heavy atom. The largest absolute Gasteiger partial charge is 0.207 e. The highest BCUT2D eigenvalue weighted by Gasteiger charge is 1.90. The number of benzene rings is 1. The summed E-state index contributed by atoms with van der Waals surface area (Å²) in [6.45, 7) is 2.09. The Hall–Kier alpha value is -0.850. The summed E-state index contributed by atoms with van der Waals surface area (Å²) < 4.78 is 12.3. The second-order valence-electron chi connectivity index (χ2n) is 2.28.